The average molecular weight is 322 g/mol. The predicted molar refractivity (Wildman–Crippen MR) is 76.1 cm³/mol. The summed E-state index contributed by atoms with van der Waals surface area (Å²) in [5.41, 5.74) is 4.39. The topological polar surface area (TPSA) is 72.2 Å². The van der Waals surface area contributed by atoms with Crippen LogP contribution in [0.25, 0.3) is 0 Å². The van der Waals surface area contributed by atoms with E-state index in [0.717, 1.165) is 30.7 Å². The Kier molecular flexibility index (Phi) is 4.27. The third-order valence-electron chi connectivity index (χ3n) is 3.32. The summed E-state index contributed by atoms with van der Waals surface area (Å²) in [5.74, 6) is -1.24. The molecule has 0 radical (unpaired) electrons. The Bertz CT molecular complexity index is 614. The van der Waals surface area contributed by atoms with E-state index in [9.17, 15) is 17.2 Å². The zero-order chi connectivity index (χ0) is 15.0. The van der Waals surface area contributed by atoms with Gasteiger partial charge in [0, 0.05) is 11.3 Å². The van der Waals surface area contributed by atoms with Crippen LogP contribution in [-0.2, 0) is 10.0 Å². The first-order chi connectivity index (χ1) is 9.25. The molecule has 1 aliphatic rings. The molecule has 0 amide bonds. The number of nitrogens with two attached hydrogens (primary N) is 1. The number of nitrogens with one attached hydrogen (secondary N) is 1. The maximum absolute atomic E-state index is 13.8. The number of thioether (sulfide) groups is 1. The maximum Gasteiger partial charge on any atom is 0.243 e. The molecular formula is C12H16F2N2O2S2. The Morgan fingerprint density at radius 1 is 1.45 bits per heavy atom. The molecule has 1 aromatic carbocycles. The van der Waals surface area contributed by atoms with Gasteiger partial charge in [-0.3, -0.25) is 0 Å². The van der Waals surface area contributed by atoms with Crippen molar-refractivity contribution in [3.63, 3.8) is 0 Å². The molecule has 20 heavy (non-hydrogen) atoms. The molecule has 0 aromatic heterocycles. The van der Waals surface area contributed by atoms with Crippen molar-refractivity contribution in [2.45, 2.75) is 29.4 Å². The van der Waals surface area contributed by atoms with Gasteiger partial charge in [-0.05, 0) is 37.7 Å². The molecule has 1 aliphatic heterocycles. The highest BCUT2D eigenvalue weighted by Gasteiger charge is 2.32. The van der Waals surface area contributed by atoms with E-state index in [1.54, 1.807) is 11.8 Å². The van der Waals surface area contributed by atoms with Crippen LogP contribution in [0.15, 0.2) is 17.0 Å². The van der Waals surface area contributed by atoms with Crippen LogP contribution < -0.4 is 10.5 Å². The monoisotopic (exact) mass is 322 g/mol. The highest BCUT2D eigenvalue weighted by atomic mass is 32.2. The lowest BCUT2D eigenvalue weighted by atomic mass is 10.1. The SMILES string of the molecule is CC1(CNS(=O)(=O)c2ccc(F)c(N)c2F)CCCS1. The summed E-state index contributed by atoms with van der Waals surface area (Å²) in [4.78, 5) is -0.622. The fraction of sp³-hybridized carbons (Fsp3) is 0.500. The number of anilines is 1. The fourth-order valence-electron chi connectivity index (χ4n) is 2.06. The molecule has 0 aliphatic carbocycles. The van der Waals surface area contributed by atoms with Gasteiger partial charge in [0.05, 0.1) is 0 Å². The van der Waals surface area contributed by atoms with Crippen LogP contribution in [0.3, 0.4) is 0 Å². The van der Waals surface area contributed by atoms with Crippen LogP contribution in [0.4, 0.5) is 14.5 Å². The zero-order valence-corrected chi connectivity index (χ0v) is 12.6. The molecule has 2 rings (SSSR count). The van der Waals surface area contributed by atoms with Gasteiger partial charge in [0.15, 0.2) is 5.82 Å². The molecule has 1 aromatic rings. The number of hydrogen-bond acceptors (Lipinski definition) is 4. The molecule has 0 saturated carbocycles. The smallest absolute Gasteiger partial charge is 0.243 e. The zero-order valence-electron chi connectivity index (χ0n) is 10.9. The first-order valence-corrected chi connectivity index (χ1v) is 8.59. The lowest BCUT2D eigenvalue weighted by Crippen LogP contribution is -2.37. The molecular weight excluding hydrogens is 306 g/mol. The van der Waals surface area contributed by atoms with Crippen LogP contribution >= 0.6 is 11.8 Å². The second-order valence-corrected chi connectivity index (χ2v) is 8.42. The van der Waals surface area contributed by atoms with Gasteiger partial charge in [-0.2, -0.15) is 11.8 Å². The summed E-state index contributed by atoms with van der Waals surface area (Å²) < 4.78 is 53.2. The quantitative estimate of drug-likeness (QED) is 0.833. The molecule has 3 N–H and O–H groups in total. The minimum Gasteiger partial charge on any atom is -0.394 e. The molecule has 1 fully saturated rings. The Labute approximate surface area is 121 Å². The Morgan fingerprint density at radius 2 is 2.15 bits per heavy atom. The van der Waals surface area contributed by atoms with Crippen LogP contribution in [0.2, 0.25) is 0 Å². The van der Waals surface area contributed by atoms with E-state index in [1.807, 2.05) is 6.92 Å². The van der Waals surface area contributed by atoms with Crippen LogP contribution in [0.1, 0.15) is 19.8 Å². The Morgan fingerprint density at radius 3 is 2.75 bits per heavy atom. The standard InChI is InChI=1S/C12H16F2N2O2S2/c1-12(5-2-6-19-12)7-16-20(17,18)9-4-3-8(13)11(15)10(9)14/h3-4,16H,2,5-7,15H2,1H3. The number of rotatable bonds is 4. The summed E-state index contributed by atoms with van der Waals surface area (Å²) in [6.45, 7) is 2.17. The summed E-state index contributed by atoms with van der Waals surface area (Å²) in [7, 11) is -4.04. The molecule has 0 spiro atoms. The molecule has 8 heteroatoms. The first-order valence-electron chi connectivity index (χ1n) is 6.12. The Hall–Kier alpha value is -0.860. The number of halogens is 2. The maximum atomic E-state index is 13.8. The Balaban J connectivity index is 2.21. The van der Waals surface area contributed by atoms with Gasteiger partial charge in [-0.15, -0.1) is 0 Å². The van der Waals surface area contributed by atoms with Crippen molar-refractivity contribution in [3.8, 4) is 0 Å². The second-order valence-electron chi connectivity index (χ2n) is 5.00. The summed E-state index contributed by atoms with van der Waals surface area (Å²) in [5, 5.41) is 0. The highest BCUT2D eigenvalue weighted by Crippen LogP contribution is 2.37. The van der Waals surface area contributed by atoms with E-state index in [1.165, 1.54) is 0 Å². The second kappa shape index (κ2) is 5.50. The van der Waals surface area contributed by atoms with E-state index >= 15 is 0 Å². The minimum atomic E-state index is -4.04. The van der Waals surface area contributed by atoms with Gasteiger partial charge in [0.25, 0.3) is 0 Å². The molecule has 1 atom stereocenters. The molecule has 1 unspecified atom stereocenters. The van der Waals surface area contributed by atoms with Crippen LogP contribution in [0, 0.1) is 11.6 Å². The number of benzene rings is 1. The van der Waals surface area contributed by atoms with Crippen LogP contribution in [-0.4, -0.2) is 25.5 Å². The molecule has 1 saturated heterocycles. The van der Waals surface area contributed by atoms with Crippen molar-refractivity contribution in [1.29, 1.82) is 0 Å². The molecule has 112 valence electrons. The number of hydrogen-bond donors (Lipinski definition) is 2. The van der Waals surface area contributed by atoms with Crippen molar-refractivity contribution in [2.24, 2.45) is 0 Å². The van der Waals surface area contributed by atoms with Gasteiger partial charge in [-0.1, -0.05) is 0 Å². The molecule has 0 bridgehead atoms. The van der Waals surface area contributed by atoms with E-state index in [-0.39, 0.29) is 11.3 Å². The van der Waals surface area contributed by atoms with Crippen molar-refractivity contribution in [1.82, 2.24) is 4.72 Å². The normalized spacial score (nSPS) is 23.1. The van der Waals surface area contributed by atoms with E-state index in [2.05, 4.69) is 4.72 Å². The third kappa shape index (κ3) is 3.07. The van der Waals surface area contributed by atoms with Crippen molar-refractivity contribution in [3.05, 3.63) is 23.8 Å². The lowest BCUT2D eigenvalue weighted by molar-refractivity contribution is 0.535. The highest BCUT2D eigenvalue weighted by molar-refractivity contribution is 8.01. The van der Waals surface area contributed by atoms with Gasteiger partial charge < -0.3 is 5.73 Å². The largest absolute Gasteiger partial charge is 0.394 e. The van der Waals surface area contributed by atoms with Gasteiger partial charge >= 0.3 is 0 Å². The predicted octanol–water partition coefficient (Wildman–Crippen LogP) is 2.11. The van der Waals surface area contributed by atoms with Crippen molar-refractivity contribution >= 4 is 27.5 Å². The van der Waals surface area contributed by atoms with Gasteiger partial charge in [0.1, 0.15) is 16.4 Å². The minimum absolute atomic E-state index is 0.185. The van der Waals surface area contributed by atoms with Crippen LogP contribution in [0.5, 0.6) is 0 Å². The third-order valence-corrected chi connectivity index (χ3v) is 6.27. The average Bonchev–Trinajstić information content (AvgIpc) is 2.81. The molecule has 1 heterocycles. The van der Waals surface area contributed by atoms with Crippen molar-refractivity contribution in [2.75, 3.05) is 18.0 Å². The number of nitrogen functional groups attached to an aromatic ring is 1. The molecule has 4 nitrogen and oxygen atoms in total. The van der Waals surface area contributed by atoms with E-state index in [0.29, 0.717) is 0 Å². The van der Waals surface area contributed by atoms with E-state index in [4.69, 9.17) is 5.73 Å². The fourth-order valence-corrected chi connectivity index (χ4v) is 4.65. The van der Waals surface area contributed by atoms with Gasteiger partial charge in [-0.25, -0.2) is 21.9 Å². The lowest BCUT2D eigenvalue weighted by Gasteiger charge is -2.22. The summed E-state index contributed by atoms with van der Waals surface area (Å²) in [6, 6.07) is 1.73. The van der Waals surface area contributed by atoms with E-state index < -0.39 is 32.2 Å². The first kappa shape index (κ1) is 15.5. The summed E-state index contributed by atoms with van der Waals surface area (Å²) in [6.07, 6.45) is 1.93. The summed E-state index contributed by atoms with van der Waals surface area (Å²) >= 11 is 1.68. The number of sulfonamides is 1. The van der Waals surface area contributed by atoms with Gasteiger partial charge in [0.2, 0.25) is 10.0 Å². The van der Waals surface area contributed by atoms with Crippen molar-refractivity contribution < 1.29 is 17.2 Å².